The summed E-state index contributed by atoms with van der Waals surface area (Å²) in [6.45, 7) is 8.10. The Morgan fingerprint density at radius 1 is 1.31 bits per heavy atom. The number of nitrogens with one attached hydrogen (secondary N) is 1. The van der Waals surface area contributed by atoms with Crippen LogP contribution in [0.3, 0.4) is 0 Å². The second-order valence-corrected chi connectivity index (χ2v) is 7.74. The Morgan fingerprint density at radius 3 is 2.55 bits per heavy atom. The van der Waals surface area contributed by atoms with E-state index in [1.165, 1.54) is 0 Å². The Morgan fingerprint density at radius 2 is 1.97 bits per heavy atom. The maximum atomic E-state index is 12.6. The molecule has 2 atom stereocenters. The second kappa shape index (κ2) is 11.6. The van der Waals surface area contributed by atoms with Crippen molar-refractivity contribution in [3.63, 3.8) is 0 Å². The van der Waals surface area contributed by atoms with Gasteiger partial charge in [0, 0.05) is 38.8 Å². The van der Waals surface area contributed by atoms with E-state index < -0.39 is 0 Å². The molecule has 3 N–H and O–H groups in total. The third kappa shape index (κ3) is 8.29. The van der Waals surface area contributed by atoms with Gasteiger partial charge in [0.05, 0.1) is 12.2 Å². The van der Waals surface area contributed by atoms with Gasteiger partial charge in [-0.3, -0.25) is 9.69 Å². The molecule has 0 unspecified atom stereocenters. The third-order valence-electron chi connectivity index (χ3n) is 4.93. The van der Waals surface area contributed by atoms with Crippen molar-refractivity contribution in [2.75, 3.05) is 26.2 Å². The van der Waals surface area contributed by atoms with Crippen LogP contribution in [0.15, 0.2) is 24.3 Å². The van der Waals surface area contributed by atoms with Crippen molar-refractivity contribution in [1.82, 2.24) is 15.1 Å². The number of phenolic OH excluding ortho intramolecular Hbond substituents is 1. The zero-order valence-electron chi connectivity index (χ0n) is 17.3. The number of hydrogen-bond donors (Lipinski definition) is 3. The van der Waals surface area contributed by atoms with E-state index in [9.17, 15) is 9.90 Å². The van der Waals surface area contributed by atoms with Gasteiger partial charge in [0.1, 0.15) is 5.75 Å². The average molecular weight is 408 g/mol. The minimum atomic E-state index is -0.250. The highest BCUT2D eigenvalue weighted by Gasteiger charge is 2.32. The van der Waals surface area contributed by atoms with E-state index in [4.69, 9.17) is 14.6 Å². The lowest BCUT2D eigenvalue weighted by Crippen LogP contribution is -2.46. The summed E-state index contributed by atoms with van der Waals surface area (Å²) in [5.74, 6) is 0.243. The van der Waals surface area contributed by atoms with Crippen LogP contribution < -0.4 is 5.32 Å². The maximum Gasteiger partial charge on any atom is 0.317 e. The van der Waals surface area contributed by atoms with E-state index in [1.807, 2.05) is 17.0 Å². The van der Waals surface area contributed by atoms with Crippen molar-refractivity contribution in [2.24, 2.45) is 0 Å². The summed E-state index contributed by atoms with van der Waals surface area (Å²) in [6, 6.07) is 7.47. The molecule has 162 valence electrons. The van der Waals surface area contributed by atoms with Gasteiger partial charge in [-0.25, -0.2) is 4.79 Å². The van der Waals surface area contributed by atoms with Crippen LogP contribution in [0.2, 0.25) is 0 Å². The molecule has 8 heteroatoms. The summed E-state index contributed by atoms with van der Waals surface area (Å²) in [7, 11) is 0. The molecule has 8 nitrogen and oxygen atoms in total. The second-order valence-electron chi connectivity index (χ2n) is 7.74. The molecular weight excluding hydrogens is 374 g/mol. The third-order valence-corrected chi connectivity index (χ3v) is 4.93. The predicted molar refractivity (Wildman–Crippen MR) is 110 cm³/mol. The number of ether oxygens (including phenoxy) is 1. The summed E-state index contributed by atoms with van der Waals surface area (Å²) in [6.07, 6.45) is 3.63. The summed E-state index contributed by atoms with van der Waals surface area (Å²) >= 11 is 0. The molecule has 2 fully saturated rings. The highest BCUT2D eigenvalue weighted by molar-refractivity contribution is 5.74. The Balaban J connectivity index is 0.000000941. The van der Waals surface area contributed by atoms with Crippen LogP contribution in [0.1, 0.15) is 38.7 Å². The number of aromatic hydroxyl groups is 1. The number of carbonyl (C=O) groups is 2. The lowest BCUT2D eigenvalue weighted by Gasteiger charge is -2.35. The first-order chi connectivity index (χ1) is 13.9. The van der Waals surface area contributed by atoms with E-state index in [0.717, 1.165) is 44.5 Å². The number of carboxylic acid groups (broad SMARTS) is 1. The number of benzene rings is 1. The fourth-order valence-corrected chi connectivity index (χ4v) is 3.67. The summed E-state index contributed by atoms with van der Waals surface area (Å²) < 4.78 is 5.75. The number of phenols is 1. The number of hydrogen-bond acceptors (Lipinski definition) is 5. The highest BCUT2D eigenvalue weighted by Crippen LogP contribution is 2.28. The van der Waals surface area contributed by atoms with Crippen molar-refractivity contribution in [3.05, 3.63) is 29.8 Å². The molecule has 1 heterocycles. The van der Waals surface area contributed by atoms with Gasteiger partial charge in [0.25, 0.3) is 6.47 Å². The normalized spacial score (nSPS) is 21.6. The number of urea groups is 1. The summed E-state index contributed by atoms with van der Waals surface area (Å²) in [4.78, 5) is 25.3. The molecule has 1 aromatic carbocycles. The standard InChI is InChI=1S/C20H31N3O3.CH2O2/c1-15-12-22(13-16(2)26-15)10-4-9-21-20(25)23(18-7-8-18)14-17-5-3-6-19(24)11-17;2-1-3/h3,5-6,11,15-16,18,24H,4,7-10,12-14H2,1-2H3,(H,21,25);1H,(H,2,3)/t15-,16+;. The van der Waals surface area contributed by atoms with E-state index >= 15 is 0 Å². The van der Waals surface area contributed by atoms with Gasteiger partial charge >= 0.3 is 6.03 Å². The largest absolute Gasteiger partial charge is 0.508 e. The van der Waals surface area contributed by atoms with Crippen LogP contribution in [0.4, 0.5) is 4.79 Å². The first kappa shape index (κ1) is 23.0. The SMILES string of the molecule is C[C@@H]1CN(CCCNC(=O)N(Cc2cccc(O)c2)C2CC2)C[C@H](C)O1.O=CO. The maximum absolute atomic E-state index is 12.6. The van der Waals surface area contributed by atoms with Crippen molar-refractivity contribution < 1.29 is 24.5 Å². The van der Waals surface area contributed by atoms with Gasteiger partial charge in [-0.2, -0.15) is 0 Å². The van der Waals surface area contributed by atoms with Crippen LogP contribution in [0.5, 0.6) is 5.75 Å². The van der Waals surface area contributed by atoms with E-state index in [2.05, 4.69) is 24.1 Å². The average Bonchev–Trinajstić information content (AvgIpc) is 3.48. The van der Waals surface area contributed by atoms with Crippen molar-refractivity contribution in [1.29, 1.82) is 0 Å². The first-order valence-corrected chi connectivity index (χ1v) is 10.2. The quantitative estimate of drug-likeness (QED) is 0.473. The van der Waals surface area contributed by atoms with Crippen LogP contribution >= 0.6 is 0 Å². The summed E-state index contributed by atoms with van der Waals surface area (Å²) in [5.41, 5.74) is 0.961. The van der Waals surface area contributed by atoms with Gasteiger partial charge in [0.15, 0.2) is 0 Å². The zero-order chi connectivity index (χ0) is 21.2. The molecule has 1 saturated carbocycles. The number of carbonyl (C=O) groups excluding carboxylic acids is 1. The van der Waals surface area contributed by atoms with Crippen LogP contribution in [-0.4, -0.2) is 76.9 Å². The minimum Gasteiger partial charge on any atom is -0.508 e. The summed E-state index contributed by atoms with van der Waals surface area (Å²) in [5, 5.41) is 19.6. The topological polar surface area (TPSA) is 102 Å². The van der Waals surface area contributed by atoms with Gasteiger partial charge in [0.2, 0.25) is 0 Å². The molecule has 29 heavy (non-hydrogen) atoms. The Labute approximate surface area is 172 Å². The lowest BCUT2D eigenvalue weighted by molar-refractivity contribution is -0.122. The van der Waals surface area contributed by atoms with Crippen LogP contribution in [0, 0.1) is 0 Å². The Hall–Kier alpha value is -2.32. The van der Waals surface area contributed by atoms with Gasteiger partial charge in [-0.1, -0.05) is 12.1 Å². The molecule has 1 saturated heterocycles. The predicted octanol–water partition coefficient (Wildman–Crippen LogP) is 2.27. The number of rotatable bonds is 7. The zero-order valence-corrected chi connectivity index (χ0v) is 17.3. The van der Waals surface area contributed by atoms with Crippen molar-refractivity contribution >= 4 is 12.5 Å². The molecular formula is C21H33N3O5. The monoisotopic (exact) mass is 407 g/mol. The van der Waals surface area contributed by atoms with E-state index in [-0.39, 0.29) is 30.5 Å². The van der Waals surface area contributed by atoms with Crippen molar-refractivity contribution in [3.8, 4) is 5.75 Å². The molecule has 3 rings (SSSR count). The number of morpholine rings is 1. The van der Waals surface area contributed by atoms with Crippen LogP contribution in [-0.2, 0) is 16.1 Å². The molecule has 0 radical (unpaired) electrons. The van der Waals surface area contributed by atoms with Crippen molar-refractivity contribution in [2.45, 2.75) is 57.9 Å². The Kier molecular flexibility index (Phi) is 9.21. The number of amides is 2. The first-order valence-electron chi connectivity index (χ1n) is 10.2. The van der Waals surface area contributed by atoms with E-state index in [1.54, 1.807) is 12.1 Å². The molecule has 1 aliphatic carbocycles. The Bertz CT molecular complexity index is 643. The van der Waals surface area contributed by atoms with E-state index in [0.29, 0.717) is 19.1 Å². The molecule has 0 spiro atoms. The highest BCUT2D eigenvalue weighted by atomic mass is 16.5. The molecule has 0 bridgehead atoms. The molecule has 0 aromatic heterocycles. The van der Waals surface area contributed by atoms with Crippen LogP contribution in [0.25, 0.3) is 0 Å². The molecule has 2 aliphatic rings. The van der Waals surface area contributed by atoms with Gasteiger partial charge in [-0.05, 0) is 50.8 Å². The lowest BCUT2D eigenvalue weighted by atomic mass is 10.2. The molecule has 2 amide bonds. The van der Waals surface area contributed by atoms with Gasteiger partial charge in [-0.15, -0.1) is 0 Å². The number of nitrogens with zero attached hydrogens (tertiary/aromatic N) is 2. The molecule has 1 aromatic rings. The fourth-order valence-electron chi connectivity index (χ4n) is 3.67. The smallest absolute Gasteiger partial charge is 0.317 e. The fraction of sp³-hybridized carbons (Fsp3) is 0.619. The molecule has 1 aliphatic heterocycles. The van der Waals surface area contributed by atoms with Gasteiger partial charge < -0.3 is 25.2 Å². The minimum absolute atomic E-state index is 0.000411.